The van der Waals surface area contributed by atoms with Crippen molar-refractivity contribution in [3.63, 3.8) is 0 Å². The first-order chi connectivity index (χ1) is 8.22. The van der Waals surface area contributed by atoms with E-state index in [2.05, 4.69) is 4.98 Å². The molecule has 1 aliphatic heterocycles. The van der Waals surface area contributed by atoms with Crippen molar-refractivity contribution in [2.75, 3.05) is 26.8 Å². The number of pyridine rings is 1. The Labute approximate surface area is 100 Å². The summed E-state index contributed by atoms with van der Waals surface area (Å²) < 4.78 is 5.08. The predicted octanol–water partition coefficient (Wildman–Crippen LogP) is 0.896. The zero-order valence-corrected chi connectivity index (χ0v) is 9.80. The first-order valence-corrected chi connectivity index (χ1v) is 5.64. The van der Waals surface area contributed by atoms with Gasteiger partial charge in [-0.15, -0.1) is 0 Å². The topological polar surface area (TPSA) is 62.7 Å². The lowest BCUT2D eigenvalue weighted by Crippen LogP contribution is -2.30. The van der Waals surface area contributed by atoms with Gasteiger partial charge in [-0.1, -0.05) is 0 Å². The van der Waals surface area contributed by atoms with Crippen molar-refractivity contribution in [2.45, 2.75) is 6.42 Å². The maximum absolute atomic E-state index is 12.1. The van der Waals surface area contributed by atoms with Crippen LogP contribution in [0.15, 0.2) is 18.3 Å². The fourth-order valence-corrected chi connectivity index (χ4v) is 2.10. The number of amides is 1. The number of likely N-dealkylation sites (tertiary alicyclic amines) is 1. The molecule has 1 amide bonds. The van der Waals surface area contributed by atoms with Gasteiger partial charge in [0.25, 0.3) is 5.91 Å². The molecule has 1 atom stereocenters. The molecule has 1 aromatic heterocycles. The fraction of sp³-hybridized carbons (Fsp3) is 0.500. The molecule has 5 heteroatoms. The molecule has 5 nitrogen and oxygen atoms in total. The number of nitrogens with zero attached hydrogens (tertiary/aromatic N) is 2. The first-order valence-electron chi connectivity index (χ1n) is 5.64. The SMILES string of the molecule is COCC1CCN(C(=O)c2ncccc2O)C1. The van der Waals surface area contributed by atoms with Crippen LogP contribution in [0.2, 0.25) is 0 Å². The molecule has 2 rings (SSSR count). The highest BCUT2D eigenvalue weighted by Crippen LogP contribution is 2.21. The summed E-state index contributed by atoms with van der Waals surface area (Å²) in [6.45, 7) is 2.03. The molecule has 17 heavy (non-hydrogen) atoms. The lowest BCUT2D eigenvalue weighted by molar-refractivity contribution is 0.0766. The second-order valence-corrected chi connectivity index (χ2v) is 4.23. The van der Waals surface area contributed by atoms with Crippen LogP contribution in [0.4, 0.5) is 0 Å². The van der Waals surface area contributed by atoms with Gasteiger partial charge in [0, 0.05) is 32.3 Å². The van der Waals surface area contributed by atoms with Crippen LogP contribution in [0.3, 0.4) is 0 Å². The van der Waals surface area contributed by atoms with Crippen molar-refractivity contribution in [3.8, 4) is 5.75 Å². The number of methoxy groups -OCH3 is 1. The Morgan fingerprint density at radius 2 is 2.53 bits per heavy atom. The summed E-state index contributed by atoms with van der Waals surface area (Å²) in [4.78, 5) is 17.7. The number of ether oxygens (including phenoxy) is 1. The molecule has 0 spiro atoms. The van der Waals surface area contributed by atoms with E-state index in [-0.39, 0.29) is 17.4 Å². The molecule has 1 unspecified atom stereocenters. The molecule has 0 bridgehead atoms. The van der Waals surface area contributed by atoms with Gasteiger partial charge in [-0.3, -0.25) is 4.79 Å². The number of hydrogen-bond acceptors (Lipinski definition) is 4. The third-order valence-corrected chi connectivity index (χ3v) is 2.96. The van der Waals surface area contributed by atoms with E-state index < -0.39 is 0 Å². The molecular formula is C12H16N2O3. The van der Waals surface area contributed by atoms with Crippen molar-refractivity contribution in [1.82, 2.24) is 9.88 Å². The Hall–Kier alpha value is -1.62. The van der Waals surface area contributed by atoms with E-state index >= 15 is 0 Å². The van der Waals surface area contributed by atoms with Crippen molar-refractivity contribution >= 4 is 5.91 Å². The van der Waals surface area contributed by atoms with E-state index in [0.29, 0.717) is 25.6 Å². The monoisotopic (exact) mass is 236 g/mol. The minimum atomic E-state index is -0.207. The summed E-state index contributed by atoms with van der Waals surface area (Å²) in [7, 11) is 1.66. The van der Waals surface area contributed by atoms with Gasteiger partial charge in [-0.2, -0.15) is 0 Å². The van der Waals surface area contributed by atoms with E-state index in [9.17, 15) is 9.90 Å². The molecular weight excluding hydrogens is 220 g/mol. The average molecular weight is 236 g/mol. The highest BCUT2D eigenvalue weighted by atomic mass is 16.5. The molecule has 0 aliphatic carbocycles. The zero-order chi connectivity index (χ0) is 12.3. The van der Waals surface area contributed by atoms with E-state index in [0.717, 1.165) is 6.42 Å². The standard InChI is InChI=1S/C12H16N2O3/c1-17-8-9-4-6-14(7-9)12(16)11-10(15)3-2-5-13-11/h2-3,5,9,15H,4,6-8H2,1H3. The van der Waals surface area contributed by atoms with Gasteiger partial charge in [-0.25, -0.2) is 4.98 Å². The average Bonchev–Trinajstić information content (AvgIpc) is 2.78. The molecule has 1 aromatic rings. The summed E-state index contributed by atoms with van der Waals surface area (Å²) in [5, 5.41) is 9.58. The van der Waals surface area contributed by atoms with Gasteiger partial charge in [-0.05, 0) is 18.6 Å². The number of aromatic hydroxyl groups is 1. The second-order valence-electron chi connectivity index (χ2n) is 4.23. The van der Waals surface area contributed by atoms with Crippen LogP contribution < -0.4 is 0 Å². The Kier molecular flexibility index (Phi) is 3.58. The molecule has 0 aromatic carbocycles. The number of carbonyl (C=O) groups excluding carboxylic acids is 1. The minimum absolute atomic E-state index is 0.0623. The quantitative estimate of drug-likeness (QED) is 0.846. The van der Waals surface area contributed by atoms with Gasteiger partial charge >= 0.3 is 0 Å². The summed E-state index contributed by atoms with van der Waals surface area (Å²) in [5.41, 5.74) is 0.130. The maximum Gasteiger partial charge on any atom is 0.276 e. The number of aromatic nitrogens is 1. The Bertz CT molecular complexity index is 408. The van der Waals surface area contributed by atoms with Crippen molar-refractivity contribution in [2.24, 2.45) is 5.92 Å². The Balaban J connectivity index is 2.05. The third-order valence-electron chi connectivity index (χ3n) is 2.96. The van der Waals surface area contributed by atoms with Crippen LogP contribution in [0.5, 0.6) is 5.75 Å². The molecule has 1 N–H and O–H groups in total. The van der Waals surface area contributed by atoms with Crippen LogP contribution in [0, 0.1) is 5.92 Å². The highest BCUT2D eigenvalue weighted by Gasteiger charge is 2.28. The first kappa shape index (κ1) is 11.9. The van der Waals surface area contributed by atoms with Crippen molar-refractivity contribution in [1.29, 1.82) is 0 Å². The second kappa shape index (κ2) is 5.14. The predicted molar refractivity (Wildman–Crippen MR) is 61.8 cm³/mol. The highest BCUT2D eigenvalue weighted by molar-refractivity contribution is 5.94. The van der Waals surface area contributed by atoms with Gasteiger partial charge in [0.15, 0.2) is 5.69 Å². The molecule has 1 saturated heterocycles. The van der Waals surface area contributed by atoms with Gasteiger partial charge in [0.1, 0.15) is 5.75 Å². The van der Waals surface area contributed by atoms with Gasteiger partial charge in [0.05, 0.1) is 6.61 Å². The van der Waals surface area contributed by atoms with Crippen LogP contribution in [0.1, 0.15) is 16.9 Å². The van der Waals surface area contributed by atoms with Crippen molar-refractivity contribution < 1.29 is 14.6 Å². The number of hydrogen-bond donors (Lipinski definition) is 1. The Morgan fingerprint density at radius 3 is 3.24 bits per heavy atom. The Morgan fingerprint density at radius 1 is 1.71 bits per heavy atom. The summed E-state index contributed by atoms with van der Waals surface area (Å²) in [6, 6.07) is 3.08. The van der Waals surface area contributed by atoms with Gasteiger partial charge in [0.2, 0.25) is 0 Å². The normalized spacial score (nSPS) is 19.6. The van der Waals surface area contributed by atoms with Crippen LogP contribution >= 0.6 is 0 Å². The molecule has 0 saturated carbocycles. The molecule has 92 valence electrons. The summed E-state index contributed by atoms with van der Waals surface area (Å²) >= 11 is 0. The van der Waals surface area contributed by atoms with E-state index in [1.165, 1.54) is 12.3 Å². The largest absolute Gasteiger partial charge is 0.505 e. The van der Waals surface area contributed by atoms with Crippen LogP contribution in [0.25, 0.3) is 0 Å². The molecule has 1 fully saturated rings. The smallest absolute Gasteiger partial charge is 0.276 e. The number of carbonyl (C=O) groups is 1. The maximum atomic E-state index is 12.1. The summed E-state index contributed by atoms with van der Waals surface area (Å²) in [6.07, 6.45) is 2.45. The lowest BCUT2D eigenvalue weighted by Gasteiger charge is -2.16. The van der Waals surface area contributed by atoms with E-state index in [4.69, 9.17) is 4.74 Å². The van der Waals surface area contributed by atoms with Crippen LogP contribution in [-0.2, 0) is 4.74 Å². The van der Waals surface area contributed by atoms with Crippen LogP contribution in [-0.4, -0.2) is 47.7 Å². The molecule has 2 heterocycles. The lowest BCUT2D eigenvalue weighted by atomic mass is 10.1. The van der Waals surface area contributed by atoms with E-state index in [1.54, 1.807) is 18.1 Å². The van der Waals surface area contributed by atoms with Crippen molar-refractivity contribution in [3.05, 3.63) is 24.0 Å². The molecule has 1 aliphatic rings. The number of rotatable bonds is 3. The fourth-order valence-electron chi connectivity index (χ4n) is 2.10. The zero-order valence-electron chi connectivity index (χ0n) is 9.80. The van der Waals surface area contributed by atoms with Gasteiger partial charge < -0.3 is 14.7 Å². The summed E-state index contributed by atoms with van der Waals surface area (Å²) in [5.74, 6) is 0.115. The van der Waals surface area contributed by atoms with E-state index in [1.807, 2.05) is 0 Å². The minimum Gasteiger partial charge on any atom is -0.505 e. The molecule has 0 radical (unpaired) electrons. The third kappa shape index (κ3) is 2.55.